The summed E-state index contributed by atoms with van der Waals surface area (Å²) < 4.78 is 5.91. The average Bonchev–Trinajstić information content (AvgIpc) is 3.89. The molecule has 2 aromatic heterocycles. The monoisotopic (exact) mass is 721 g/mol. The highest BCUT2D eigenvalue weighted by atomic mass is 32.1. The lowest BCUT2D eigenvalue weighted by Gasteiger charge is -2.28. The van der Waals surface area contributed by atoms with Crippen molar-refractivity contribution in [1.29, 1.82) is 0 Å². The highest BCUT2D eigenvalue weighted by molar-refractivity contribution is 7.14. The van der Waals surface area contributed by atoms with Gasteiger partial charge in [-0.25, -0.2) is 9.97 Å². The Hall–Kier alpha value is -4.37. The fourth-order valence-corrected chi connectivity index (χ4v) is 8.62. The van der Waals surface area contributed by atoms with Crippen LogP contribution in [0.2, 0.25) is 0 Å². The number of hydrogen-bond donors (Lipinski definition) is 1. The molecule has 4 aromatic rings. The van der Waals surface area contributed by atoms with Crippen molar-refractivity contribution in [2.24, 2.45) is 11.8 Å². The predicted molar refractivity (Wildman–Crippen MR) is 206 cm³/mol. The van der Waals surface area contributed by atoms with Gasteiger partial charge >= 0.3 is 5.97 Å². The number of fused-ring (bicyclic) bond motifs is 2. The van der Waals surface area contributed by atoms with Gasteiger partial charge < -0.3 is 14.7 Å². The van der Waals surface area contributed by atoms with Gasteiger partial charge in [0, 0.05) is 52.8 Å². The summed E-state index contributed by atoms with van der Waals surface area (Å²) in [6, 6.07) is 19.4. The summed E-state index contributed by atoms with van der Waals surface area (Å²) in [4.78, 5) is 52.7. The summed E-state index contributed by atoms with van der Waals surface area (Å²) in [6.45, 7) is 9.31. The molecule has 8 nitrogen and oxygen atoms in total. The highest BCUT2D eigenvalue weighted by Crippen LogP contribution is 2.43. The number of Topliss-reactive ketones (excluding diaryl/α,β-unsaturated/α-hetero) is 1. The maximum Gasteiger partial charge on any atom is 0.308 e. The third-order valence-electron chi connectivity index (χ3n) is 10.6. The molecule has 0 radical (unpaired) electrons. The number of ether oxygens (including phenoxy) is 1. The van der Waals surface area contributed by atoms with Crippen LogP contribution in [0.1, 0.15) is 106 Å². The van der Waals surface area contributed by atoms with Gasteiger partial charge in [-0.05, 0) is 72.9 Å². The Morgan fingerprint density at radius 2 is 1.58 bits per heavy atom. The van der Waals surface area contributed by atoms with Crippen molar-refractivity contribution < 1.29 is 24.2 Å². The Bertz CT molecular complexity index is 1830. The fraction of sp³-hybridized carbons (Fsp3) is 0.465. The number of nitrogens with zero attached hydrogens (tertiary/aromatic N) is 3. The zero-order valence-corrected chi connectivity index (χ0v) is 31.7. The minimum Gasteiger partial charge on any atom is -0.494 e. The molecule has 2 saturated heterocycles. The number of hydrogen-bond acceptors (Lipinski definition) is 7. The summed E-state index contributed by atoms with van der Waals surface area (Å²) in [5, 5.41) is 9.82. The van der Waals surface area contributed by atoms with Crippen LogP contribution in [0.5, 0.6) is 5.75 Å². The number of benzene rings is 2. The standard InChI is InChI=1S/C43H51N3O5S/c1-5-6-7-8-9-22-51-34-17-14-29(15-18-34)32-26-44-40(45-27-32)30-12-10-28(11-13-30)23-31(24-37(47)38-20-21-39(52-38)43(2,3)4)41(48)46-33-16-19-36(46)35(25-33)42(49)50/h10-15,17-18,20-21,26-27,31,33,35-36H,5-9,16,19,22-25H2,1-4H3,(H,49,50)/t31-,33?,35?,36?/m1/s1. The van der Waals surface area contributed by atoms with Gasteiger partial charge in [0.05, 0.1) is 17.4 Å². The molecular formula is C43H51N3O5S. The Kier molecular flexibility index (Phi) is 11.9. The summed E-state index contributed by atoms with van der Waals surface area (Å²) in [5.74, 6) is -0.673. The number of carboxylic acids is 1. The van der Waals surface area contributed by atoms with Crippen molar-refractivity contribution in [3.05, 3.63) is 88.4 Å². The van der Waals surface area contributed by atoms with Crippen molar-refractivity contribution in [3.8, 4) is 28.3 Å². The molecule has 2 bridgehead atoms. The first-order chi connectivity index (χ1) is 25.0. The number of thiophene rings is 1. The van der Waals surface area contributed by atoms with E-state index in [9.17, 15) is 19.5 Å². The molecule has 0 spiro atoms. The van der Waals surface area contributed by atoms with Crippen LogP contribution in [0, 0.1) is 11.8 Å². The van der Waals surface area contributed by atoms with Gasteiger partial charge in [-0.1, -0.05) is 89.8 Å². The van der Waals surface area contributed by atoms with Gasteiger partial charge in [0.15, 0.2) is 11.6 Å². The molecule has 4 atom stereocenters. The van der Waals surface area contributed by atoms with E-state index in [0.29, 0.717) is 30.0 Å². The van der Waals surface area contributed by atoms with E-state index in [2.05, 4.69) is 37.7 Å². The van der Waals surface area contributed by atoms with Gasteiger partial charge in [0.2, 0.25) is 5.91 Å². The lowest BCUT2D eigenvalue weighted by atomic mass is 9.89. The maximum absolute atomic E-state index is 14.2. The van der Waals surface area contributed by atoms with Crippen LogP contribution in [-0.2, 0) is 21.4 Å². The lowest BCUT2D eigenvalue weighted by Crippen LogP contribution is -2.42. The molecule has 1 amide bonds. The molecule has 0 aliphatic carbocycles. The van der Waals surface area contributed by atoms with Gasteiger partial charge in [-0.3, -0.25) is 14.4 Å². The zero-order chi connectivity index (χ0) is 36.8. The van der Waals surface area contributed by atoms with Crippen LogP contribution in [0.4, 0.5) is 0 Å². The van der Waals surface area contributed by atoms with E-state index in [1.165, 1.54) is 37.0 Å². The van der Waals surface area contributed by atoms with E-state index in [-0.39, 0.29) is 35.6 Å². The molecule has 9 heteroatoms. The normalized spacial score (nSPS) is 18.8. The molecule has 4 heterocycles. The largest absolute Gasteiger partial charge is 0.494 e. The van der Waals surface area contributed by atoms with E-state index in [0.717, 1.165) is 52.3 Å². The second-order valence-electron chi connectivity index (χ2n) is 15.4. The summed E-state index contributed by atoms with van der Waals surface area (Å²) in [6.07, 6.45) is 12.1. The summed E-state index contributed by atoms with van der Waals surface area (Å²) in [7, 11) is 0. The maximum atomic E-state index is 14.2. The van der Waals surface area contributed by atoms with E-state index in [1.54, 1.807) is 0 Å². The summed E-state index contributed by atoms with van der Waals surface area (Å²) in [5.41, 5.74) is 3.64. The average molecular weight is 722 g/mol. The minimum atomic E-state index is -0.844. The first kappa shape index (κ1) is 37.4. The van der Waals surface area contributed by atoms with Crippen LogP contribution < -0.4 is 4.74 Å². The number of aliphatic carboxylic acids is 1. The Labute approximate surface area is 311 Å². The SMILES string of the molecule is CCCCCCCOc1ccc(-c2cnc(-c3ccc(C[C@H](CC(=O)c4ccc(C(C)(C)C)s4)C(=O)N4C5CCC4C(C(=O)O)C5)cc3)nc2)cc1. The Morgan fingerprint density at radius 1 is 0.885 bits per heavy atom. The molecule has 0 saturated carbocycles. The highest BCUT2D eigenvalue weighted by Gasteiger charge is 2.52. The molecule has 1 N–H and O–H groups in total. The lowest BCUT2D eigenvalue weighted by molar-refractivity contribution is -0.143. The third-order valence-corrected chi connectivity index (χ3v) is 12.1. The number of carbonyl (C=O) groups is 3. The van der Waals surface area contributed by atoms with Gasteiger partial charge in [-0.2, -0.15) is 0 Å². The topological polar surface area (TPSA) is 110 Å². The van der Waals surface area contributed by atoms with Crippen LogP contribution >= 0.6 is 11.3 Å². The predicted octanol–water partition coefficient (Wildman–Crippen LogP) is 9.41. The van der Waals surface area contributed by atoms with E-state index in [1.807, 2.05) is 78.0 Å². The van der Waals surface area contributed by atoms with Crippen molar-refractivity contribution in [3.63, 3.8) is 0 Å². The number of ketones is 1. The van der Waals surface area contributed by atoms with E-state index >= 15 is 0 Å². The van der Waals surface area contributed by atoms with Crippen LogP contribution in [0.15, 0.2) is 73.1 Å². The van der Waals surface area contributed by atoms with Gasteiger partial charge in [0.25, 0.3) is 0 Å². The van der Waals surface area contributed by atoms with Crippen molar-refractivity contribution in [2.45, 2.75) is 109 Å². The first-order valence-electron chi connectivity index (χ1n) is 18.8. The fourth-order valence-electron chi connectivity index (χ4n) is 7.61. The zero-order valence-electron chi connectivity index (χ0n) is 30.8. The molecule has 274 valence electrons. The molecule has 2 aliphatic heterocycles. The number of aromatic nitrogens is 2. The van der Waals surface area contributed by atoms with Crippen LogP contribution in [0.25, 0.3) is 22.5 Å². The van der Waals surface area contributed by atoms with Crippen molar-refractivity contribution in [1.82, 2.24) is 14.9 Å². The smallest absolute Gasteiger partial charge is 0.308 e. The molecule has 2 fully saturated rings. The Morgan fingerprint density at radius 3 is 2.21 bits per heavy atom. The number of carbonyl (C=O) groups excluding carboxylic acids is 2. The minimum absolute atomic E-state index is 0.0507. The number of amides is 1. The summed E-state index contributed by atoms with van der Waals surface area (Å²) >= 11 is 1.49. The van der Waals surface area contributed by atoms with Crippen molar-refractivity contribution in [2.75, 3.05) is 6.61 Å². The second-order valence-corrected chi connectivity index (χ2v) is 16.5. The third kappa shape index (κ3) is 8.80. The molecule has 2 aliphatic rings. The molecule has 52 heavy (non-hydrogen) atoms. The molecule has 6 rings (SSSR count). The molecule has 3 unspecified atom stereocenters. The van der Waals surface area contributed by atoms with E-state index in [4.69, 9.17) is 4.74 Å². The van der Waals surface area contributed by atoms with Crippen molar-refractivity contribution >= 4 is 29.0 Å². The van der Waals surface area contributed by atoms with E-state index < -0.39 is 17.8 Å². The first-order valence-corrected chi connectivity index (χ1v) is 19.7. The number of rotatable bonds is 16. The number of unbranched alkanes of at least 4 members (excludes halogenated alkanes) is 4. The quantitative estimate of drug-likeness (QED) is 0.0907. The molecular weight excluding hydrogens is 671 g/mol. The van der Waals surface area contributed by atoms with Crippen LogP contribution in [-0.4, -0.2) is 56.3 Å². The van der Waals surface area contributed by atoms with Gasteiger partial charge in [0.1, 0.15) is 5.75 Å². The molecule has 2 aromatic carbocycles. The number of carboxylic acid groups (broad SMARTS) is 1. The Balaban J connectivity index is 1.12. The second kappa shape index (κ2) is 16.5. The van der Waals surface area contributed by atoms with Gasteiger partial charge in [-0.15, -0.1) is 11.3 Å². The van der Waals surface area contributed by atoms with Crippen LogP contribution in [0.3, 0.4) is 0 Å².